The Morgan fingerprint density at radius 3 is 2.94 bits per heavy atom. The summed E-state index contributed by atoms with van der Waals surface area (Å²) < 4.78 is 18.2. The minimum Gasteiger partial charge on any atom is -0.376 e. The van der Waals surface area contributed by atoms with E-state index in [2.05, 4.69) is 15.3 Å². The van der Waals surface area contributed by atoms with E-state index < -0.39 is 5.82 Å². The smallest absolute Gasteiger partial charge is 0.223 e. The van der Waals surface area contributed by atoms with Crippen molar-refractivity contribution in [2.75, 3.05) is 11.9 Å². The van der Waals surface area contributed by atoms with Crippen molar-refractivity contribution < 1.29 is 9.13 Å². The SMILES string of the molecule is NC1C2CCOC2C1Nc1ncc(F)cn1. The average Bonchev–Trinajstić information content (AvgIpc) is 2.73. The lowest BCUT2D eigenvalue weighted by Crippen LogP contribution is -2.65. The molecule has 0 spiro atoms. The first-order valence-corrected chi connectivity index (χ1v) is 5.37. The van der Waals surface area contributed by atoms with Crippen LogP contribution in [0.5, 0.6) is 0 Å². The summed E-state index contributed by atoms with van der Waals surface area (Å²) >= 11 is 0. The van der Waals surface area contributed by atoms with E-state index in [4.69, 9.17) is 10.5 Å². The summed E-state index contributed by atoms with van der Waals surface area (Å²) in [6, 6.07) is 0.110. The number of hydrogen-bond donors (Lipinski definition) is 2. The molecule has 1 aliphatic carbocycles. The van der Waals surface area contributed by atoms with Gasteiger partial charge in [0.1, 0.15) is 0 Å². The van der Waals surface area contributed by atoms with Gasteiger partial charge in [0.2, 0.25) is 5.95 Å². The molecule has 2 aliphatic rings. The summed E-state index contributed by atoms with van der Waals surface area (Å²) in [5.74, 6) is 0.396. The topological polar surface area (TPSA) is 73.1 Å². The Labute approximate surface area is 92.2 Å². The second-order valence-electron chi connectivity index (χ2n) is 4.26. The highest BCUT2D eigenvalue weighted by Crippen LogP contribution is 2.38. The highest BCUT2D eigenvalue weighted by molar-refractivity contribution is 5.30. The highest BCUT2D eigenvalue weighted by Gasteiger charge is 2.52. The number of nitrogens with one attached hydrogen (secondary N) is 1. The Balaban J connectivity index is 1.69. The van der Waals surface area contributed by atoms with E-state index in [1.54, 1.807) is 0 Å². The van der Waals surface area contributed by atoms with Crippen molar-refractivity contribution in [3.8, 4) is 0 Å². The van der Waals surface area contributed by atoms with Gasteiger partial charge in [-0.05, 0) is 6.42 Å². The van der Waals surface area contributed by atoms with Crippen LogP contribution in [0.25, 0.3) is 0 Å². The van der Waals surface area contributed by atoms with Crippen molar-refractivity contribution in [3.63, 3.8) is 0 Å². The molecule has 1 saturated carbocycles. The second-order valence-corrected chi connectivity index (χ2v) is 4.26. The first kappa shape index (κ1) is 9.92. The van der Waals surface area contributed by atoms with E-state index in [9.17, 15) is 4.39 Å². The molecular formula is C10H13FN4O. The van der Waals surface area contributed by atoms with E-state index in [0.29, 0.717) is 11.9 Å². The van der Waals surface area contributed by atoms with Crippen molar-refractivity contribution in [1.29, 1.82) is 0 Å². The zero-order valence-electron chi connectivity index (χ0n) is 8.64. The minimum atomic E-state index is -0.446. The molecule has 6 heteroatoms. The molecule has 3 rings (SSSR count). The van der Waals surface area contributed by atoms with Gasteiger partial charge in [0.25, 0.3) is 0 Å². The van der Waals surface area contributed by atoms with Gasteiger partial charge in [0, 0.05) is 18.6 Å². The molecular weight excluding hydrogens is 211 g/mol. The van der Waals surface area contributed by atoms with Crippen LogP contribution in [0.4, 0.5) is 10.3 Å². The molecule has 16 heavy (non-hydrogen) atoms. The predicted molar refractivity (Wildman–Crippen MR) is 55.2 cm³/mol. The van der Waals surface area contributed by atoms with E-state index in [1.807, 2.05) is 0 Å². The molecule has 86 valence electrons. The zero-order valence-corrected chi connectivity index (χ0v) is 8.64. The van der Waals surface area contributed by atoms with Crippen molar-refractivity contribution >= 4 is 5.95 Å². The molecule has 0 radical (unpaired) electrons. The number of hydrogen-bond acceptors (Lipinski definition) is 5. The third kappa shape index (κ3) is 1.45. The molecule has 1 aromatic rings. The van der Waals surface area contributed by atoms with Gasteiger partial charge in [-0.15, -0.1) is 0 Å². The molecule has 2 fully saturated rings. The first-order valence-electron chi connectivity index (χ1n) is 5.37. The van der Waals surface area contributed by atoms with Crippen LogP contribution in [-0.4, -0.2) is 34.8 Å². The van der Waals surface area contributed by atoms with Gasteiger partial charge in [0.05, 0.1) is 24.5 Å². The molecule has 5 nitrogen and oxygen atoms in total. The van der Waals surface area contributed by atoms with Gasteiger partial charge >= 0.3 is 0 Å². The number of fused-ring (bicyclic) bond motifs is 1. The van der Waals surface area contributed by atoms with Crippen LogP contribution >= 0.6 is 0 Å². The first-order chi connectivity index (χ1) is 7.75. The molecule has 1 aliphatic heterocycles. The number of halogens is 1. The van der Waals surface area contributed by atoms with E-state index in [0.717, 1.165) is 25.4 Å². The van der Waals surface area contributed by atoms with Crippen molar-refractivity contribution in [3.05, 3.63) is 18.2 Å². The molecule has 2 heterocycles. The lowest BCUT2D eigenvalue weighted by Gasteiger charge is -2.45. The average molecular weight is 224 g/mol. The Hall–Kier alpha value is -1.27. The quantitative estimate of drug-likeness (QED) is 0.747. The lowest BCUT2D eigenvalue weighted by atomic mass is 9.72. The maximum absolute atomic E-state index is 12.6. The van der Waals surface area contributed by atoms with Crippen molar-refractivity contribution in [2.45, 2.75) is 24.6 Å². The van der Waals surface area contributed by atoms with E-state index in [1.165, 1.54) is 0 Å². The number of ether oxygens (including phenoxy) is 1. The van der Waals surface area contributed by atoms with Crippen LogP contribution in [-0.2, 0) is 4.74 Å². The standard InChI is InChI=1S/C10H13FN4O/c11-5-3-13-10(14-4-5)15-8-7(12)6-1-2-16-9(6)8/h3-4,6-9H,1-2,12H2,(H,13,14,15). The summed E-state index contributed by atoms with van der Waals surface area (Å²) in [5.41, 5.74) is 6.01. The molecule has 1 saturated heterocycles. The molecule has 0 bridgehead atoms. The third-order valence-electron chi connectivity index (χ3n) is 3.36. The zero-order chi connectivity index (χ0) is 11.1. The number of anilines is 1. The van der Waals surface area contributed by atoms with Gasteiger partial charge in [-0.2, -0.15) is 0 Å². The Morgan fingerprint density at radius 2 is 2.19 bits per heavy atom. The Kier molecular flexibility index (Phi) is 2.26. The largest absolute Gasteiger partial charge is 0.376 e. The van der Waals surface area contributed by atoms with Crippen LogP contribution in [0.15, 0.2) is 12.4 Å². The van der Waals surface area contributed by atoms with Crippen LogP contribution < -0.4 is 11.1 Å². The lowest BCUT2D eigenvalue weighted by molar-refractivity contribution is 0.00508. The van der Waals surface area contributed by atoms with Gasteiger partial charge in [-0.1, -0.05) is 0 Å². The highest BCUT2D eigenvalue weighted by atomic mass is 19.1. The summed E-state index contributed by atoms with van der Waals surface area (Å²) in [6.07, 6.45) is 3.44. The van der Waals surface area contributed by atoms with Crippen molar-refractivity contribution in [2.24, 2.45) is 11.7 Å². The number of aromatic nitrogens is 2. The fourth-order valence-corrected chi connectivity index (χ4v) is 2.46. The van der Waals surface area contributed by atoms with Crippen LogP contribution in [0, 0.1) is 11.7 Å². The maximum atomic E-state index is 12.6. The van der Waals surface area contributed by atoms with E-state index >= 15 is 0 Å². The minimum absolute atomic E-state index is 0.0398. The molecule has 0 amide bonds. The maximum Gasteiger partial charge on any atom is 0.223 e. The Morgan fingerprint density at radius 1 is 1.44 bits per heavy atom. The summed E-state index contributed by atoms with van der Waals surface area (Å²) in [4.78, 5) is 7.68. The third-order valence-corrected chi connectivity index (χ3v) is 3.36. The second kappa shape index (κ2) is 3.64. The van der Waals surface area contributed by atoms with Crippen LogP contribution in [0.1, 0.15) is 6.42 Å². The number of rotatable bonds is 2. The molecule has 4 atom stereocenters. The molecule has 4 unspecified atom stereocenters. The number of nitrogens with zero attached hydrogens (tertiary/aromatic N) is 2. The molecule has 1 aromatic heterocycles. The van der Waals surface area contributed by atoms with Gasteiger partial charge in [-0.25, -0.2) is 14.4 Å². The van der Waals surface area contributed by atoms with E-state index in [-0.39, 0.29) is 18.2 Å². The number of nitrogens with two attached hydrogens (primary N) is 1. The molecule has 0 aromatic carbocycles. The monoisotopic (exact) mass is 224 g/mol. The summed E-state index contributed by atoms with van der Waals surface area (Å²) in [7, 11) is 0. The van der Waals surface area contributed by atoms with Gasteiger partial charge < -0.3 is 15.8 Å². The van der Waals surface area contributed by atoms with Crippen molar-refractivity contribution in [1.82, 2.24) is 9.97 Å². The fourth-order valence-electron chi connectivity index (χ4n) is 2.46. The molecule has 3 N–H and O–H groups in total. The van der Waals surface area contributed by atoms with Crippen LogP contribution in [0.2, 0.25) is 0 Å². The van der Waals surface area contributed by atoms with Gasteiger partial charge in [-0.3, -0.25) is 0 Å². The normalized spacial score (nSPS) is 36.6. The summed E-state index contributed by atoms with van der Waals surface area (Å²) in [6.45, 7) is 0.769. The van der Waals surface area contributed by atoms with Crippen LogP contribution in [0.3, 0.4) is 0 Å². The van der Waals surface area contributed by atoms with Gasteiger partial charge in [0.15, 0.2) is 5.82 Å². The fraction of sp³-hybridized carbons (Fsp3) is 0.600. The Bertz CT molecular complexity index is 385. The summed E-state index contributed by atoms with van der Waals surface area (Å²) in [5, 5.41) is 3.09. The predicted octanol–water partition coefficient (Wildman–Crippen LogP) is 0.142.